The molecular weight excluding hydrogens is 357 g/mol. The zero-order valence-electron chi connectivity index (χ0n) is 13.3. The van der Waals surface area contributed by atoms with E-state index >= 15 is 0 Å². The summed E-state index contributed by atoms with van der Waals surface area (Å²) in [7, 11) is 0. The van der Waals surface area contributed by atoms with Crippen LogP contribution in [0.1, 0.15) is 5.69 Å². The van der Waals surface area contributed by atoms with Gasteiger partial charge in [-0.05, 0) is 31.2 Å². The maximum atomic E-state index is 12.8. The lowest BCUT2D eigenvalue weighted by atomic mass is 10.1. The van der Waals surface area contributed by atoms with E-state index in [1.807, 2.05) is 53.2 Å². The minimum absolute atomic E-state index is 0.116. The third kappa shape index (κ3) is 2.64. The fourth-order valence-electron chi connectivity index (χ4n) is 2.85. The van der Waals surface area contributed by atoms with Gasteiger partial charge in [0.15, 0.2) is 5.65 Å². The maximum Gasteiger partial charge on any atom is 0.292 e. The Labute approximate surface area is 153 Å². The molecule has 0 fully saturated rings. The quantitative estimate of drug-likeness (QED) is 0.510. The molecule has 2 aromatic carbocycles. The van der Waals surface area contributed by atoms with Gasteiger partial charge in [-0.25, -0.2) is 9.67 Å². The number of aryl methyl sites for hydroxylation is 1. The highest BCUT2D eigenvalue weighted by atomic mass is 35.5. The molecule has 0 aliphatic carbocycles. The zero-order chi connectivity index (χ0) is 17.6. The Morgan fingerprint density at radius 3 is 2.32 bits per heavy atom. The third-order valence-corrected chi connectivity index (χ3v) is 4.72. The first-order valence-corrected chi connectivity index (χ1v) is 8.44. The van der Waals surface area contributed by atoms with Crippen molar-refractivity contribution in [3.05, 3.63) is 86.8 Å². The molecule has 4 nitrogen and oxygen atoms in total. The van der Waals surface area contributed by atoms with Gasteiger partial charge in [0.2, 0.25) is 0 Å². The van der Waals surface area contributed by atoms with E-state index in [1.165, 1.54) is 4.52 Å². The Morgan fingerprint density at radius 1 is 0.960 bits per heavy atom. The van der Waals surface area contributed by atoms with Crippen molar-refractivity contribution in [3.8, 4) is 16.9 Å². The van der Waals surface area contributed by atoms with E-state index in [0.29, 0.717) is 16.4 Å². The first-order chi connectivity index (χ1) is 12.1. The fourth-order valence-corrected chi connectivity index (χ4v) is 3.10. The molecular formula is C19H13Cl2N3O. The normalized spacial score (nSPS) is 11.2. The fraction of sp³-hybridized carbons (Fsp3) is 0.0526. The van der Waals surface area contributed by atoms with E-state index < -0.39 is 0 Å². The number of aromatic nitrogens is 3. The molecule has 0 radical (unpaired) electrons. The van der Waals surface area contributed by atoms with Crippen LogP contribution in [0.5, 0.6) is 0 Å². The van der Waals surface area contributed by atoms with Crippen LogP contribution in [-0.2, 0) is 0 Å². The van der Waals surface area contributed by atoms with Crippen LogP contribution in [-0.4, -0.2) is 14.2 Å². The predicted octanol–water partition coefficient (Wildman–Crippen LogP) is 4.77. The lowest BCUT2D eigenvalue weighted by molar-refractivity contribution is 0.767. The number of nitrogens with zero attached hydrogens (tertiary/aromatic N) is 3. The van der Waals surface area contributed by atoms with Crippen molar-refractivity contribution in [3.63, 3.8) is 0 Å². The largest absolute Gasteiger partial charge is 0.292 e. The van der Waals surface area contributed by atoms with E-state index in [1.54, 1.807) is 19.1 Å². The summed E-state index contributed by atoms with van der Waals surface area (Å²) < 4.78 is 3.29. The van der Waals surface area contributed by atoms with Gasteiger partial charge in [0, 0.05) is 16.7 Å². The second kappa shape index (κ2) is 6.06. The minimum Gasteiger partial charge on any atom is -0.266 e. The number of hydrogen-bond acceptors (Lipinski definition) is 2. The van der Waals surface area contributed by atoms with Crippen molar-refractivity contribution in [1.29, 1.82) is 0 Å². The van der Waals surface area contributed by atoms with Crippen LogP contribution >= 0.6 is 23.2 Å². The molecule has 0 N–H and O–H groups in total. The smallest absolute Gasteiger partial charge is 0.266 e. The standard InChI is InChI=1S/C19H13Cl2N3O/c1-12-18(21)19(25)24-17(22-12)11-16(13-5-3-2-4-6-13)23(24)15-9-7-14(20)8-10-15/h2-11H,1H3. The molecule has 25 heavy (non-hydrogen) atoms. The molecule has 0 bridgehead atoms. The lowest BCUT2D eigenvalue weighted by Crippen LogP contribution is -2.22. The highest BCUT2D eigenvalue weighted by Gasteiger charge is 2.17. The summed E-state index contributed by atoms with van der Waals surface area (Å²) >= 11 is 12.2. The van der Waals surface area contributed by atoms with Crippen molar-refractivity contribution in [2.24, 2.45) is 0 Å². The number of fused-ring (bicyclic) bond motifs is 1. The highest BCUT2D eigenvalue weighted by molar-refractivity contribution is 6.31. The molecule has 2 aromatic heterocycles. The van der Waals surface area contributed by atoms with E-state index in [0.717, 1.165) is 16.9 Å². The monoisotopic (exact) mass is 369 g/mol. The van der Waals surface area contributed by atoms with Gasteiger partial charge in [0.05, 0.1) is 17.1 Å². The van der Waals surface area contributed by atoms with Crippen LogP contribution in [0.25, 0.3) is 22.6 Å². The molecule has 0 saturated heterocycles. The molecule has 0 unspecified atom stereocenters. The third-order valence-electron chi connectivity index (χ3n) is 4.03. The molecule has 0 amide bonds. The summed E-state index contributed by atoms with van der Waals surface area (Å²) in [5.74, 6) is 0. The molecule has 4 rings (SSSR count). The van der Waals surface area contributed by atoms with E-state index in [9.17, 15) is 4.79 Å². The number of hydrogen-bond donors (Lipinski definition) is 0. The first-order valence-electron chi connectivity index (χ1n) is 7.68. The summed E-state index contributed by atoms with van der Waals surface area (Å²) in [5.41, 5.74) is 3.36. The van der Waals surface area contributed by atoms with Crippen molar-refractivity contribution in [2.75, 3.05) is 0 Å². The van der Waals surface area contributed by atoms with Crippen LogP contribution in [0, 0.1) is 6.92 Å². The topological polar surface area (TPSA) is 39.3 Å². The second-order valence-corrected chi connectivity index (χ2v) is 6.48. The first kappa shape index (κ1) is 15.9. The highest BCUT2D eigenvalue weighted by Crippen LogP contribution is 2.26. The van der Waals surface area contributed by atoms with Crippen molar-refractivity contribution < 1.29 is 0 Å². The summed E-state index contributed by atoms with van der Waals surface area (Å²) in [6, 6.07) is 19.0. The molecule has 6 heteroatoms. The molecule has 0 saturated carbocycles. The summed E-state index contributed by atoms with van der Waals surface area (Å²) in [6.07, 6.45) is 0. The molecule has 0 spiro atoms. The molecule has 4 aromatic rings. The van der Waals surface area contributed by atoms with Gasteiger partial charge in [-0.15, -0.1) is 0 Å². The zero-order valence-corrected chi connectivity index (χ0v) is 14.8. The van der Waals surface area contributed by atoms with Crippen molar-refractivity contribution >= 4 is 28.8 Å². The average molecular weight is 370 g/mol. The number of rotatable bonds is 2. The maximum absolute atomic E-state index is 12.8. The van der Waals surface area contributed by atoms with Crippen LogP contribution in [0.2, 0.25) is 10.0 Å². The van der Waals surface area contributed by atoms with Gasteiger partial charge in [-0.3, -0.25) is 4.79 Å². The Kier molecular flexibility index (Phi) is 3.86. The Hall–Kier alpha value is -2.56. The van der Waals surface area contributed by atoms with Gasteiger partial charge in [0.1, 0.15) is 5.02 Å². The Bertz CT molecular complexity index is 1130. The number of halogens is 2. The molecule has 2 heterocycles. The van der Waals surface area contributed by atoms with Gasteiger partial charge in [-0.2, -0.15) is 4.52 Å². The summed E-state index contributed by atoms with van der Waals surface area (Å²) in [4.78, 5) is 17.3. The van der Waals surface area contributed by atoms with Crippen LogP contribution in [0.3, 0.4) is 0 Å². The minimum atomic E-state index is -0.304. The van der Waals surface area contributed by atoms with E-state index in [2.05, 4.69) is 4.98 Å². The van der Waals surface area contributed by atoms with Crippen LogP contribution in [0.4, 0.5) is 0 Å². The van der Waals surface area contributed by atoms with Crippen molar-refractivity contribution in [1.82, 2.24) is 14.2 Å². The predicted molar refractivity (Wildman–Crippen MR) is 101 cm³/mol. The summed E-state index contributed by atoms with van der Waals surface area (Å²) in [6.45, 7) is 1.73. The molecule has 0 aliphatic rings. The van der Waals surface area contributed by atoms with E-state index in [4.69, 9.17) is 23.2 Å². The van der Waals surface area contributed by atoms with Crippen LogP contribution < -0.4 is 5.56 Å². The SMILES string of the molecule is Cc1nc2cc(-c3ccccc3)n(-c3ccc(Cl)cc3)n2c(=O)c1Cl. The van der Waals surface area contributed by atoms with Gasteiger partial charge < -0.3 is 0 Å². The van der Waals surface area contributed by atoms with Gasteiger partial charge in [0.25, 0.3) is 5.56 Å². The average Bonchev–Trinajstić information content (AvgIpc) is 3.00. The molecule has 0 aliphatic heterocycles. The van der Waals surface area contributed by atoms with Crippen LogP contribution in [0.15, 0.2) is 65.5 Å². The van der Waals surface area contributed by atoms with Gasteiger partial charge in [-0.1, -0.05) is 53.5 Å². The summed E-state index contributed by atoms with van der Waals surface area (Å²) in [5, 5.41) is 0.742. The van der Waals surface area contributed by atoms with E-state index in [-0.39, 0.29) is 10.6 Å². The Morgan fingerprint density at radius 2 is 1.64 bits per heavy atom. The Balaban J connectivity index is 2.15. The van der Waals surface area contributed by atoms with Crippen molar-refractivity contribution in [2.45, 2.75) is 6.92 Å². The number of benzene rings is 2. The second-order valence-electron chi connectivity index (χ2n) is 5.67. The molecule has 0 atom stereocenters. The lowest BCUT2D eigenvalue weighted by Gasteiger charge is -2.12. The van der Waals surface area contributed by atoms with Gasteiger partial charge >= 0.3 is 0 Å². The molecule has 124 valence electrons.